The average molecular weight is 390 g/mol. The van der Waals surface area contributed by atoms with Crippen LogP contribution >= 0.6 is 0 Å². The molecule has 29 heavy (non-hydrogen) atoms. The van der Waals surface area contributed by atoms with Crippen LogP contribution in [0.1, 0.15) is 54.1 Å². The molecular weight excluding hydrogens is 364 g/mol. The molecule has 4 rings (SSSR count). The molecule has 2 aromatic carbocycles. The maximum Gasteiger partial charge on any atom is 0.342 e. The lowest BCUT2D eigenvalue weighted by Gasteiger charge is -2.18. The second-order valence-electron chi connectivity index (χ2n) is 7.76. The zero-order chi connectivity index (χ0) is 20.4. The van der Waals surface area contributed by atoms with Gasteiger partial charge in [-0.25, -0.2) is 4.79 Å². The van der Waals surface area contributed by atoms with E-state index in [1.807, 2.05) is 24.3 Å². The first-order chi connectivity index (χ1) is 14.1. The summed E-state index contributed by atoms with van der Waals surface area (Å²) in [5.41, 5.74) is 4.23. The smallest absolute Gasteiger partial charge is 0.342 e. The van der Waals surface area contributed by atoms with Crippen LogP contribution in [0.2, 0.25) is 0 Å². The molecule has 5 nitrogen and oxygen atoms in total. The molecule has 1 fully saturated rings. The van der Waals surface area contributed by atoms with Crippen molar-refractivity contribution >= 4 is 22.6 Å². The number of nitrogens with one attached hydrogen (secondary N) is 1. The Morgan fingerprint density at radius 3 is 2.62 bits per heavy atom. The summed E-state index contributed by atoms with van der Waals surface area (Å²) in [6.45, 7) is 4.85. The SMILES string of the molecule is COc1cc2ncc(C(=O)OC3CC3)c(NCc3ccccc3)c2cc1C(C)C. The van der Waals surface area contributed by atoms with Gasteiger partial charge in [0.05, 0.1) is 18.3 Å². The van der Waals surface area contributed by atoms with E-state index in [-0.39, 0.29) is 18.0 Å². The largest absolute Gasteiger partial charge is 0.496 e. The van der Waals surface area contributed by atoms with Gasteiger partial charge in [-0.15, -0.1) is 0 Å². The molecule has 1 saturated carbocycles. The lowest BCUT2D eigenvalue weighted by molar-refractivity contribution is 0.0473. The van der Waals surface area contributed by atoms with Gasteiger partial charge in [0, 0.05) is 24.2 Å². The first kappa shape index (κ1) is 19.2. The van der Waals surface area contributed by atoms with Gasteiger partial charge in [0.15, 0.2) is 0 Å². The summed E-state index contributed by atoms with van der Waals surface area (Å²) in [6, 6.07) is 14.1. The Bertz CT molecular complexity index is 1030. The van der Waals surface area contributed by atoms with Crippen molar-refractivity contribution in [3.63, 3.8) is 0 Å². The molecule has 1 aliphatic rings. The third kappa shape index (κ3) is 4.19. The van der Waals surface area contributed by atoms with Crippen molar-refractivity contribution < 1.29 is 14.3 Å². The maximum atomic E-state index is 12.8. The summed E-state index contributed by atoms with van der Waals surface area (Å²) in [6.07, 6.45) is 3.53. The number of hydrogen-bond donors (Lipinski definition) is 1. The van der Waals surface area contributed by atoms with Gasteiger partial charge < -0.3 is 14.8 Å². The Balaban J connectivity index is 1.80. The van der Waals surface area contributed by atoms with Crippen LogP contribution in [0.3, 0.4) is 0 Å². The number of carbonyl (C=O) groups excluding carboxylic acids is 1. The minimum Gasteiger partial charge on any atom is -0.496 e. The van der Waals surface area contributed by atoms with Gasteiger partial charge in [-0.2, -0.15) is 0 Å². The first-order valence-corrected chi connectivity index (χ1v) is 10.1. The number of esters is 1. The molecule has 0 bridgehead atoms. The average Bonchev–Trinajstić information content (AvgIpc) is 3.55. The van der Waals surface area contributed by atoms with Crippen LogP contribution < -0.4 is 10.1 Å². The fourth-order valence-corrected chi connectivity index (χ4v) is 3.40. The number of methoxy groups -OCH3 is 1. The van der Waals surface area contributed by atoms with Gasteiger partial charge in [0.1, 0.15) is 17.4 Å². The van der Waals surface area contributed by atoms with Crippen LogP contribution in [0.4, 0.5) is 5.69 Å². The summed E-state index contributed by atoms with van der Waals surface area (Å²) in [5, 5.41) is 4.37. The fourth-order valence-electron chi connectivity index (χ4n) is 3.40. The van der Waals surface area contributed by atoms with E-state index < -0.39 is 0 Å². The van der Waals surface area contributed by atoms with E-state index >= 15 is 0 Å². The zero-order valence-electron chi connectivity index (χ0n) is 17.1. The predicted molar refractivity (Wildman–Crippen MR) is 115 cm³/mol. The van der Waals surface area contributed by atoms with Gasteiger partial charge >= 0.3 is 5.97 Å². The summed E-state index contributed by atoms with van der Waals surface area (Å²) in [7, 11) is 1.67. The molecule has 1 aromatic heterocycles. The monoisotopic (exact) mass is 390 g/mol. The van der Waals surface area contributed by atoms with Crippen LogP contribution in [0.15, 0.2) is 48.7 Å². The highest BCUT2D eigenvalue weighted by molar-refractivity contribution is 6.05. The molecule has 1 heterocycles. The number of benzene rings is 2. The number of ether oxygens (including phenoxy) is 2. The number of hydrogen-bond acceptors (Lipinski definition) is 5. The van der Waals surface area contributed by atoms with Crippen LogP contribution in [-0.4, -0.2) is 24.2 Å². The molecule has 0 aliphatic heterocycles. The van der Waals surface area contributed by atoms with Crippen LogP contribution in [0.25, 0.3) is 10.9 Å². The van der Waals surface area contributed by atoms with Crippen molar-refractivity contribution in [3.8, 4) is 5.75 Å². The molecule has 150 valence electrons. The third-order valence-corrected chi connectivity index (χ3v) is 5.17. The van der Waals surface area contributed by atoms with Crippen molar-refractivity contribution in [1.29, 1.82) is 0 Å². The Hall–Kier alpha value is -3.08. The highest BCUT2D eigenvalue weighted by atomic mass is 16.5. The second kappa shape index (κ2) is 8.11. The van der Waals surface area contributed by atoms with Crippen LogP contribution in [0, 0.1) is 0 Å². The Morgan fingerprint density at radius 2 is 1.97 bits per heavy atom. The lowest BCUT2D eigenvalue weighted by atomic mass is 9.98. The molecule has 5 heteroatoms. The predicted octanol–water partition coefficient (Wildman–Crippen LogP) is 5.30. The quantitative estimate of drug-likeness (QED) is 0.555. The molecule has 0 amide bonds. The third-order valence-electron chi connectivity index (χ3n) is 5.17. The summed E-state index contributed by atoms with van der Waals surface area (Å²) in [5.74, 6) is 0.764. The minimum absolute atomic E-state index is 0.0438. The molecule has 1 N–H and O–H groups in total. The number of rotatable bonds is 7. The van der Waals surface area contributed by atoms with Crippen LogP contribution in [0.5, 0.6) is 5.75 Å². The second-order valence-corrected chi connectivity index (χ2v) is 7.76. The van der Waals surface area contributed by atoms with E-state index in [1.165, 1.54) is 0 Å². The van der Waals surface area contributed by atoms with Gasteiger partial charge in [0.2, 0.25) is 0 Å². The van der Waals surface area contributed by atoms with Crippen molar-refractivity contribution in [3.05, 3.63) is 65.4 Å². The summed E-state index contributed by atoms with van der Waals surface area (Å²) in [4.78, 5) is 17.3. The van der Waals surface area contributed by atoms with Crippen LogP contribution in [-0.2, 0) is 11.3 Å². The summed E-state index contributed by atoms with van der Waals surface area (Å²) < 4.78 is 11.1. The molecule has 3 aromatic rings. The lowest BCUT2D eigenvalue weighted by Crippen LogP contribution is -2.12. The Labute approximate surface area is 171 Å². The maximum absolute atomic E-state index is 12.8. The summed E-state index contributed by atoms with van der Waals surface area (Å²) >= 11 is 0. The number of nitrogens with zero attached hydrogens (tertiary/aromatic N) is 1. The van der Waals surface area contributed by atoms with Crippen molar-refractivity contribution in [2.75, 3.05) is 12.4 Å². The van der Waals surface area contributed by atoms with E-state index in [4.69, 9.17) is 9.47 Å². The molecule has 0 atom stereocenters. The number of fused-ring (bicyclic) bond motifs is 1. The van der Waals surface area contributed by atoms with E-state index in [1.54, 1.807) is 13.3 Å². The number of anilines is 1. The van der Waals surface area contributed by atoms with E-state index in [9.17, 15) is 4.79 Å². The number of pyridine rings is 1. The first-order valence-electron chi connectivity index (χ1n) is 10.1. The van der Waals surface area contributed by atoms with E-state index in [2.05, 4.69) is 42.3 Å². The van der Waals surface area contributed by atoms with E-state index in [0.717, 1.165) is 46.3 Å². The van der Waals surface area contributed by atoms with Gasteiger partial charge in [-0.1, -0.05) is 44.2 Å². The Morgan fingerprint density at radius 1 is 1.21 bits per heavy atom. The minimum atomic E-state index is -0.320. The number of carbonyl (C=O) groups is 1. The van der Waals surface area contributed by atoms with Crippen molar-refractivity contribution in [2.45, 2.75) is 45.3 Å². The van der Waals surface area contributed by atoms with Crippen molar-refractivity contribution in [2.24, 2.45) is 0 Å². The van der Waals surface area contributed by atoms with Gasteiger partial charge in [-0.3, -0.25) is 4.98 Å². The molecule has 1 aliphatic carbocycles. The highest BCUT2D eigenvalue weighted by Crippen LogP contribution is 2.36. The number of aromatic nitrogens is 1. The standard InChI is InChI=1S/C24H26N2O3/c1-15(2)18-11-19-21(12-22(18)28-3)25-14-20(24(27)29-17-9-10-17)23(19)26-13-16-7-5-4-6-8-16/h4-8,11-12,14-15,17H,9-10,13H2,1-3H3,(H,25,26). The molecule has 0 saturated heterocycles. The molecule has 0 spiro atoms. The van der Waals surface area contributed by atoms with Gasteiger partial charge in [-0.05, 0) is 36.0 Å². The van der Waals surface area contributed by atoms with Gasteiger partial charge in [0.25, 0.3) is 0 Å². The zero-order valence-corrected chi connectivity index (χ0v) is 17.1. The topological polar surface area (TPSA) is 60.5 Å². The fraction of sp³-hybridized carbons (Fsp3) is 0.333. The highest BCUT2D eigenvalue weighted by Gasteiger charge is 2.28. The Kier molecular flexibility index (Phi) is 5.38. The van der Waals surface area contributed by atoms with E-state index in [0.29, 0.717) is 12.1 Å². The van der Waals surface area contributed by atoms with Crippen molar-refractivity contribution in [1.82, 2.24) is 4.98 Å². The normalized spacial score (nSPS) is 13.5. The molecule has 0 unspecified atom stereocenters. The molecular formula is C24H26N2O3. The molecule has 0 radical (unpaired) electrons.